The summed E-state index contributed by atoms with van der Waals surface area (Å²) in [5.74, 6) is 0.888. The quantitative estimate of drug-likeness (QED) is 0.626. The summed E-state index contributed by atoms with van der Waals surface area (Å²) in [5.41, 5.74) is 0.755. The smallest absolute Gasteiger partial charge is 0.197 e. The fourth-order valence-electron chi connectivity index (χ4n) is 1.80. The first-order valence-electron chi connectivity index (χ1n) is 5.63. The van der Waals surface area contributed by atoms with Crippen LogP contribution in [0.15, 0.2) is 40.5 Å². The van der Waals surface area contributed by atoms with E-state index in [1.165, 1.54) is 0 Å². The van der Waals surface area contributed by atoms with E-state index >= 15 is 0 Å². The summed E-state index contributed by atoms with van der Waals surface area (Å²) < 4.78 is 5.31. The number of allylic oxidation sites excluding steroid dienone is 1. The highest BCUT2D eigenvalue weighted by atomic mass is 35.5. The molecule has 96 valence electrons. The highest BCUT2D eigenvalue weighted by molar-refractivity contribution is 6.39. The summed E-state index contributed by atoms with van der Waals surface area (Å²) in [5, 5.41) is 0.590. The Morgan fingerprint density at radius 2 is 2.17 bits per heavy atom. The number of hydrogen-bond acceptors (Lipinski definition) is 3. The first kappa shape index (κ1) is 13.2. The number of hydrogen-bond donors (Lipinski definition) is 0. The van der Waals surface area contributed by atoms with Crippen LogP contribution >= 0.6 is 23.2 Å². The standard InChI is InChI=1S/C13H14Cl2N2O/c1-18-12-5-3-2-4-10(12)6-7-17-9-11(14)8-16-13(17)15/h2-5,8-9,13H,6-7H2,1H3. The topological polar surface area (TPSA) is 24.8 Å². The van der Waals surface area contributed by atoms with Crippen LogP contribution in [-0.2, 0) is 6.42 Å². The Kier molecular flexibility index (Phi) is 4.50. The Bertz CT molecular complexity index is 474. The number of rotatable bonds is 4. The van der Waals surface area contributed by atoms with Crippen LogP contribution in [0.5, 0.6) is 5.75 Å². The number of benzene rings is 1. The molecule has 0 aliphatic carbocycles. The van der Waals surface area contributed by atoms with Crippen LogP contribution in [-0.4, -0.2) is 30.4 Å². The zero-order valence-corrected chi connectivity index (χ0v) is 11.5. The average Bonchev–Trinajstić information content (AvgIpc) is 2.40. The van der Waals surface area contributed by atoms with Gasteiger partial charge in [0.25, 0.3) is 0 Å². The summed E-state index contributed by atoms with van der Waals surface area (Å²) in [6.45, 7) is 0.738. The summed E-state index contributed by atoms with van der Waals surface area (Å²) >= 11 is 12.0. The Labute approximate surface area is 117 Å². The van der Waals surface area contributed by atoms with Crippen LogP contribution < -0.4 is 4.74 Å². The van der Waals surface area contributed by atoms with Gasteiger partial charge in [0.1, 0.15) is 5.75 Å². The van der Waals surface area contributed by atoms with Gasteiger partial charge in [0.15, 0.2) is 5.62 Å². The molecule has 1 aromatic carbocycles. The fourth-order valence-corrected chi connectivity index (χ4v) is 2.19. The second-order valence-corrected chi connectivity index (χ2v) is 4.73. The highest BCUT2D eigenvalue weighted by Gasteiger charge is 2.15. The van der Waals surface area contributed by atoms with Gasteiger partial charge >= 0.3 is 0 Å². The third kappa shape index (κ3) is 3.18. The van der Waals surface area contributed by atoms with Crippen LogP contribution in [0, 0.1) is 0 Å². The SMILES string of the molecule is COc1ccccc1CCN1C=C(Cl)C=NC1Cl. The monoisotopic (exact) mass is 284 g/mol. The van der Waals surface area contributed by atoms with Crippen molar-refractivity contribution in [3.63, 3.8) is 0 Å². The number of halogens is 2. The number of methoxy groups -OCH3 is 1. The zero-order chi connectivity index (χ0) is 13.0. The third-order valence-corrected chi connectivity index (χ3v) is 3.27. The molecule has 0 amide bonds. The van der Waals surface area contributed by atoms with Gasteiger partial charge in [-0.05, 0) is 18.1 Å². The van der Waals surface area contributed by atoms with Gasteiger partial charge in [0.05, 0.1) is 12.1 Å². The summed E-state index contributed by atoms with van der Waals surface area (Å²) in [6.07, 6.45) is 4.20. The van der Waals surface area contributed by atoms with Crippen molar-refractivity contribution in [3.05, 3.63) is 41.1 Å². The fraction of sp³-hybridized carbons (Fsp3) is 0.308. The number of aliphatic imine (C=N–C) groups is 1. The van der Waals surface area contributed by atoms with Gasteiger partial charge in [-0.15, -0.1) is 0 Å². The van der Waals surface area contributed by atoms with Crippen LogP contribution in [0.2, 0.25) is 0 Å². The van der Waals surface area contributed by atoms with Crippen molar-refractivity contribution in [1.82, 2.24) is 4.90 Å². The lowest BCUT2D eigenvalue weighted by molar-refractivity contribution is 0.351. The zero-order valence-electron chi connectivity index (χ0n) is 10.0. The van der Waals surface area contributed by atoms with Crippen LogP contribution in [0.3, 0.4) is 0 Å². The molecule has 0 aromatic heterocycles. The second kappa shape index (κ2) is 6.12. The Morgan fingerprint density at radius 1 is 1.39 bits per heavy atom. The number of alkyl halides is 1. The second-order valence-electron chi connectivity index (χ2n) is 3.90. The predicted molar refractivity (Wildman–Crippen MR) is 75.5 cm³/mol. The van der Waals surface area contributed by atoms with Gasteiger partial charge in [-0.25, -0.2) is 0 Å². The summed E-state index contributed by atoms with van der Waals surface area (Å²) in [6, 6.07) is 7.94. The molecular formula is C13H14Cl2N2O. The Morgan fingerprint density at radius 3 is 2.94 bits per heavy atom. The molecule has 0 N–H and O–H groups in total. The predicted octanol–water partition coefficient (Wildman–Crippen LogP) is 3.23. The maximum absolute atomic E-state index is 6.08. The molecule has 1 aromatic rings. The molecule has 2 rings (SSSR count). The van der Waals surface area contributed by atoms with Gasteiger partial charge < -0.3 is 9.64 Å². The third-order valence-electron chi connectivity index (χ3n) is 2.72. The average molecular weight is 285 g/mol. The van der Waals surface area contributed by atoms with E-state index in [-0.39, 0.29) is 5.62 Å². The van der Waals surface area contributed by atoms with E-state index in [1.807, 2.05) is 35.4 Å². The molecule has 0 saturated carbocycles. The van der Waals surface area contributed by atoms with E-state index < -0.39 is 0 Å². The van der Waals surface area contributed by atoms with E-state index in [9.17, 15) is 0 Å². The minimum absolute atomic E-state index is 0.387. The highest BCUT2D eigenvalue weighted by Crippen LogP contribution is 2.21. The van der Waals surface area contributed by atoms with Crippen LogP contribution in [0.1, 0.15) is 5.56 Å². The molecule has 3 nitrogen and oxygen atoms in total. The minimum Gasteiger partial charge on any atom is -0.496 e. The van der Waals surface area contributed by atoms with Crippen molar-refractivity contribution in [1.29, 1.82) is 0 Å². The van der Waals surface area contributed by atoms with E-state index in [4.69, 9.17) is 27.9 Å². The maximum Gasteiger partial charge on any atom is 0.197 e. The molecule has 0 fully saturated rings. The molecular weight excluding hydrogens is 271 g/mol. The molecule has 1 aliphatic rings. The van der Waals surface area contributed by atoms with Gasteiger partial charge in [-0.3, -0.25) is 4.99 Å². The molecule has 1 heterocycles. The van der Waals surface area contributed by atoms with E-state index in [0.29, 0.717) is 5.03 Å². The van der Waals surface area contributed by atoms with Gasteiger partial charge in [0, 0.05) is 19.0 Å². The number of ether oxygens (including phenoxy) is 1. The molecule has 0 bridgehead atoms. The Hall–Kier alpha value is -1.19. The summed E-state index contributed by atoms with van der Waals surface area (Å²) in [7, 11) is 1.67. The Balaban J connectivity index is 2.01. The van der Waals surface area contributed by atoms with Crippen molar-refractivity contribution < 1.29 is 4.74 Å². The van der Waals surface area contributed by atoms with Gasteiger partial charge in [0.2, 0.25) is 0 Å². The molecule has 1 aliphatic heterocycles. The van der Waals surface area contributed by atoms with Crippen LogP contribution in [0.25, 0.3) is 0 Å². The minimum atomic E-state index is -0.387. The van der Waals surface area contributed by atoms with Gasteiger partial charge in [-0.2, -0.15) is 0 Å². The molecule has 0 radical (unpaired) electrons. The van der Waals surface area contributed by atoms with Crippen molar-refractivity contribution in [2.45, 2.75) is 12.0 Å². The van der Waals surface area contributed by atoms with Crippen molar-refractivity contribution in [3.8, 4) is 5.75 Å². The largest absolute Gasteiger partial charge is 0.496 e. The van der Waals surface area contributed by atoms with Crippen molar-refractivity contribution in [2.24, 2.45) is 4.99 Å². The van der Waals surface area contributed by atoms with E-state index in [0.717, 1.165) is 24.3 Å². The van der Waals surface area contributed by atoms with Gasteiger partial charge in [-0.1, -0.05) is 41.4 Å². The molecule has 18 heavy (non-hydrogen) atoms. The molecule has 0 spiro atoms. The number of para-hydroxylation sites is 1. The first-order valence-corrected chi connectivity index (χ1v) is 6.44. The summed E-state index contributed by atoms with van der Waals surface area (Å²) in [4.78, 5) is 5.98. The normalized spacial score (nSPS) is 18.7. The van der Waals surface area contributed by atoms with Crippen molar-refractivity contribution >= 4 is 29.4 Å². The number of nitrogens with zero attached hydrogens (tertiary/aromatic N) is 2. The lowest BCUT2D eigenvalue weighted by Crippen LogP contribution is -2.29. The molecule has 5 heteroatoms. The lowest BCUT2D eigenvalue weighted by atomic mass is 10.1. The van der Waals surface area contributed by atoms with E-state index in [2.05, 4.69) is 4.99 Å². The van der Waals surface area contributed by atoms with E-state index in [1.54, 1.807) is 13.3 Å². The molecule has 1 atom stereocenters. The van der Waals surface area contributed by atoms with Crippen molar-refractivity contribution in [2.75, 3.05) is 13.7 Å². The van der Waals surface area contributed by atoms with Crippen LogP contribution in [0.4, 0.5) is 0 Å². The lowest BCUT2D eigenvalue weighted by Gasteiger charge is -2.26. The maximum atomic E-state index is 6.08. The molecule has 0 saturated heterocycles. The first-order chi connectivity index (χ1) is 8.70. The molecule has 1 unspecified atom stereocenters.